The molecule has 0 amide bonds. The van der Waals surface area contributed by atoms with E-state index in [-0.39, 0.29) is 11.3 Å². The third kappa shape index (κ3) is 3.09. The van der Waals surface area contributed by atoms with Gasteiger partial charge in [0.25, 0.3) is 0 Å². The molecule has 1 N–H and O–H groups in total. The molecule has 0 aliphatic carbocycles. The second-order valence-electron chi connectivity index (χ2n) is 5.97. The van der Waals surface area contributed by atoms with E-state index in [1.54, 1.807) is 0 Å². The topological polar surface area (TPSA) is 55.4 Å². The highest BCUT2D eigenvalue weighted by molar-refractivity contribution is 7.92. The van der Waals surface area contributed by atoms with Gasteiger partial charge in [-0.2, -0.15) is 0 Å². The Labute approximate surface area is 126 Å². The Balaban J connectivity index is 1.68. The zero-order valence-electron chi connectivity index (χ0n) is 12.5. The molecule has 0 radical (unpaired) electrons. The lowest BCUT2D eigenvalue weighted by Crippen LogP contribution is -2.33. The van der Waals surface area contributed by atoms with Gasteiger partial charge in [0.1, 0.15) is 5.75 Å². The second kappa shape index (κ2) is 5.97. The van der Waals surface area contributed by atoms with E-state index in [0.29, 0.717) is 12.3 Å². The molecular formula is C16H23NO3S. The van der Waals surface area contributed by atoms with Gasteiger partial charge in [0.2, 0.25) is 0 Å². The molecule has 2 aliphatic heterocycles. The van der Waals surface area contributed by atoms with Crippen molar-refractivity contribution in [2.24, 2.45) is 0 Å². The summed E-state index contributed by atoms with van der Waals surface area (Å²) >= 11 is 0. The van der Waals surface area contributed by atoms with Crippen molar-refractivity contribution in [2.45, 2.75) is 43.9 Å². The maximum absolute atomic E-state index is 11.9. The first-order valence-corrected chi connectivity index (χ1v) is 9.52. The zero-order valence-corrected chi connectivity index (χ0v) is 13.3. The molecule has 0 saturated carbocycles. The number of nitrogens with one attached hydrogen (secondary N) is 1. The van der Waals surface area contributed by atoms with Gasteiger partial charge in [0.05, 0.1) is 17.6 Å². The van der Waals surface area contributed by atoms with Gasteiger partial charge < -0.3 is 10.1 Å². The minimum Gasteiger partial charge on any atom is -0.493 e. The van der Waals surface area contributed by atoms with E-state index in [4.69, 9.17) is 4.74 Å². The van der Waals surface area contributed by atoms with Crippen LogP contribution in [0.25, 0.3) is 0 Å². The van der Waals surface area contributed by atoms with Crippen LogP contribution >= 0.6 is 0 Å². The molecule has 116 valence electrons. The Morgan fingerprint density at radius 1 is 1.43 bits per heavy atom. The average molecular weight is 309 g/mol. The molecule has 0 aromatic heterocycles. The highest BCUT2D eigenvalue weighted by Crippen LogP contribution is 2.29. The molecule has 1 aromatic carbocycles. The Morgan fingerprint density at radius 2 is 2.29 bits per heavy atom. The quantitative estimate of drug-likeness (QED) is 0.906. The lowest BCUT2D eigenvalue weighted by molar-refractivity contribution is 0.356. The van der Waals surface area contributed by atoms with Crippen molar-refractivity contribution in [3.63, 3.8) is 0 Å². The maximum atomic E-state index is 11.9. The first kappa shape index (κ1) is 14.9. The Hall–Kier alpha value is -1.07. The van der Waals surface area contributed by atoms with E-state index < -0.39 is 9.84 Å². The van der Waals surface area contributed by atoms with Crippen LogP contribution in [0.2, 0.25) is 0 Å². The third-order valence-corrected chi connectivity index (χ3v) is 6.85. The van der Waals surface area contributed by atoms with Crippen LogP contribution in [0.5, 0.6) is 5.75 Å². The van der Waals surface area contributed by atoms with Crippen molar-refractivity contribution in [1.29, 1.82) is 0 Å². The Kier molecular flexibility index (Phi) is 4.22. The van der Waals surface area contributed by atoms with Crippen LogP contribution in [0.4, 0.5) is 0 Å². The first-order valence-electron chi connectivity index (χ1n) is 7.80. The van der Waals surface area contributed by atoms with Crippen molar-refractivity contribution in [3.8, 4) is 5.75 Å². The van der Waals surface area contributed by atoms with Crippen LogP contribution in [0.15, 0.2) is 18.2 Å². The molecule has 1 saturated heterocycles. The van der Waals surface area contributed by atoms with Crippen LogP contribution in [0, 0.1) is 0 Å². The number of benzene rings is 1. The molecule has 1 aromatic rings. The second-order valence-corrected chi connectivity index (χ2v) is 8.37. The predicted molar refractivity (Wildman–Crippen MR) is 83.5 cm³/mol. The van der Waals surface area contributed by atoms with Gasteiger partial charge in [0, 0.05) is 19.0 Å². The molecule has 2 unspecified atom stereocenters. The van der Waals surface area contributed by atoms with Gasteiger partial charge in [-0.15, -0.1) is 0 Å². The number of hydrogen-bond acceptors (Lipinski definition) is 4. The normalized spacial score (nSPS) is 24.5. The van der Waals surface area contributed by atoms with Gasteiger partial charge in [-0.25, -0.2) is 8.42 Å². The molecule has 5 heteroatoms. The predicted octanol–water partition coefficient (Wildman–Crippen LogP) is 2.24. The standard InChI is InChI=1S/C16H23NO3S/c1-2-15(17-11-14-4-3-9-21(14,18)19)12-5-6-16-13(10-12)7-8-20-16/h5-6,10,14-15,17H,2-4,7-9,11H2,1H3. The Bertz CT molecular complexity index is 612. The van der Waals surface area contributed by atoms with Crippen molar-refractivity contribution < 1.29 is 13.2 Å². The molecule has 0 bridgehead atoms. The van der Waals surface area contributed by atoms with E-state index in [1.165, 1.54) is 11.1 Å². The number of fused-ring (bicyclic) bond motifs is 1. The largest absolute Gasteiger partial charge is 0.493 e. The van der Waals surface area contributed by atoms with Crippen LogP contribution in [-0.2, 0) is 16.3 Å². The summed E-state index contributed by atoms with van der Waals surface area (Å²) in [6.07, 6.45) is 3.52. The van der Waals surface area contributed by atoms with Crippen LogP contribution < -0.4 is 10.1 Å². The fraction of sp³-hybridized carbons (Fsp3) is 0.625. The van der Waals surface area contributed by atoms with E-state index in [2.05, 4.69) is 24.4 Å². The molecule has 2 atom stereocenters. The smallest absolute Gasteiger partial charge is 0.154 e. The summed E-state index contributed by atoms with van der Waals surface area (Å²) < 4.78 is 29.3. The maximum Gasteiger partial charge on any atom is 0.154 e. The number of sulfone groups is 1. The molecule has 2 heterocycles. The van der Waals surface area contributed by atoms with Crippen LogP contribution in [-0.4, -0.2) is 32.6 Å². The Morgan fingerprint density at radius 3 is 3.00 bits per heavy atom. The monoisotopic (exact) mass is 309 g/mol. The molecule has 4 nitrogen and oxygen atoms in total. The lowest BCUT2D eigenvalue weighted by atomic mass is 10.0. The lowest BCUT2D eigenvalue weighted by Gasteiger charge is -2.20. The fourth-order valence-electron chi connectivity index (χ4n) is 3.28. The zero-order chi connectivity index (χ0) is 14.9. The van der Waals surface area contributed by atoms with Crippen molar-refractivity contribution in [2.75, 3.05) is 18.9 Å². The summed E-state index contributed by atoms with van der Waals surface area (Å²) in [5.41, 5.74) is 2.50. The number of hydrogen-bond donors (Lipinski definition) is 1. The highest BCUT2D eigenvalue weighted by Gasteiger charge is 2.31. The van der Waals surface area contributed by atoms with Gasteiger partial charge in [-0.3, -0.25) is 0 Å². The van der Waals surface area contributed by atoms with Crippen LogP contribution in [0.3, 0.4) is 0 Å². The summed E-state index contributed by atoms with van der Waals surface area (Å²) in [5, 5.41) is 3.25. The summed E-state index contributed by atoms with van der Waals surface area (Å²) in [7, 11) is -2.87. The van der Waals surface area contributed by atoms with Crippen molar-refractivity contribution >= 4 is 9.84 Å². The van der Waals surface area contributed by atoms with E-state index in [9.17, 15) is 8.42 Å². The number of rotatable bonds is 5. The minimum absolute atomic E-state index is 0.204. The van der Waals surface area contributed by atoms with Crippen molar-refractivity contribution in [3.05, 3.63) is 29.3 Å². The molecule has 2 aliphatic rings. The summed E-state index contributed by atoms with van der Waals surface area (Å²) in [5.74, 6) is 1.35. The van der Waals surface area contributed by atoms with Gasteiger partial charge in [0.15, 0.2) is 9.84 Å². The summed E-state index contributed by atoms with van der Waals surface area (Å²) in [4.78, 5) is 0. The van der Waals surface area contributed by atoms with Crippen molar-refractivity contribution in [1.82, 2.24) is 5.32 Å². The van der Waals surface area contributed by atoms with E-state index in [0.717, 1.165) is 38.0 Å². The third-order valence-electron chi connectivity index (χ3n) is 4.58. The molecule has 3 rings (SSSR count). The van der Waals surface area contributed by atoms with Gasteiger partial charge >= 0.3 is 0 Å². The summed E-state index contributed by atoms with van der Waals surface area (Å²) in [6.45, 7) is 3.46. The molecule has 0 spiro atoms. The van der Waals surface area contributed by atoms with Gasteiger partial charge in [-0.1, -0.05) is 19.1 Å². The van der Waals surface area contributed by atoms with Crippen LogP contribution in [0.1, 0.15) is 43.4 Å². The molecule has 1 fully saturated rings. The van der Waals surface area contributed by atoms with E-state index in [1.807, 2.05) is 6.07 Å². The first-order chi connectivity index (χ1) is 10.1. The molecular weight excluding hydrogens is 286 g/mol. The molecule has 21 heavy (non-hydrogen) atoms. The van der Waals surface area contributed by atoms with E-state index >= 15 is 0 Å². The average Bonchev–Trinajstić information content (AvgIpc) is 3.05. The SMILES string of the molecule is CCC(NCC1CCCS1(=O)=O)c1ccc2c(c1)CCO2. The minimum atomic E-state index is -2.87. The summed E-state index contributed by atoms with van der Waals surface area (Å²) in [6, 6.07) is 6.54. The highest BCUT2D eigenvalue weighted by atomic mass is 32.2. The fourth-order valence-corrected chi connectivity index (χ4v) is 5.06. The number of ether oxygens (including phenoxy) is 1. The van der Waals surface area contributed by atoms with Gasteiger partial charge in [-0.05, 0) is 36.5 Å².